The van der Waals surface area contributed by atoms with Gasteiger partial charge in [0.1, 0.15) is 6.33 Å². The molecule has 0 aromatic carbocycles. The summed E-state index contributed by atoms with van der Waals surface area (Å²) in [6, 6.07) is 0.182. The summed E-state index contributed by atoms with van der Waals surface area (Å²) < 4.78 is 0. The number of hydrogen-bond donors (Lipinski definition) is 2. The molecule has 0 spiro atoms. The molecule has 0 bridgehead atoms. The lowest BCUT2D eigenvalue weighted by Crippen LogP contribution is -2.50. The van der Waals surface area contributed by atoms with E-state index < -0.39 is 0 Å². The average molecular weight is 299 g/mol. The first-order valence-corrected chi connectivity index (χ1v) is 6.91. The highest BCUT2D eigenvalue weighted by Crippen LogP contribution is 2.17. The van der Waals surface area contributed by atoms with Gasteiger partial charge in [-0.3, -0.25) is 4.79 Å². The summed E-state index contributed by atoms with van der Waals surface area (Å²) >= 11 is 0. The zero-order valence-electron chi connectivity index (χ0n) is 12.2. The maximum absolute atomic E-state index is 12.4. The second kappa shape index (κ2) is 7.55. The Balaban J connectivity index is 0.00000200. The Bertz CT molecular complexity index is 453. The molecule has 0 saturated carbocycles. The molecule has 2 rings (SSSR count). The van der Waals surface area contributed by atoms with E-state index >= 15 is 0 Å². The van der Waals surface area contributed by atoms with Gasteiger partial charge in [-0.05, 0) is 24.8 Å². The fourth-order valence-corrected chi connectivity index (χ4v) is 2.40. The molecule has 1 aromatic heterocycles. The summed E-state index contributed by atoms with van der Waals surface area (Å²) in [6.45, 7) is 8.10. The quantitative estimate of drug-likeness (QED) is 0.892. The largest absolute Gasteiger partial charge is 0.348 e. The van der Waals surface area contributed by atoms with E-state index in [-0.39, 0.29) is 30.3 Å². The van der Waals surface area contributed by atoms with Gasteiger partial charge in [0.2, 0.25) is 0 Å². The lowest BCUT2D eigenvalue weighted by atomic mass is 9.94. The van der Waals surface area contributed by atoms with Gasteiger partial charge in [-0.2, -0.15) is 0 Å². The van der Waals surface area contributed by atoms with Crippen LogP contribution in [0, 0.1) is 5.92 Å². The Morgan fingerprint density at radius 3 is 2.90 bits per heavy atom. The van der Waals surface area contributed by atoms with Gasteiger partial charge in [0, 0.05) is 18.8 Å². The molecule has 112 valence electrons. The third-order valence-corrected chi connectivity index (χ3v) is 3.68. The van der Waals surface area contributed by atoms with Crippen molar-refractivity contribution >= 4 is 18.3 Å². The third kappa shape index (κ3) is 3.90. The van der Waals surface area contributed by atoms with Crippen LogP contribution < -0.4 is 10.6 Å². The van der Waals surface area contributed by atoms with E-state index in [0.717, 1.165) is 25.2 Å². The Hall–Kier alpha value is -1.20. The van der Waals surface area contributed by atoms with Gasteiger partial charge in [-0.1, -0.05) is 20.8 Å². The zero-order chi connectivity index (χ0) is 13.8. The van der Waals surface area contributed by atoms with Crippen molar-refractivity contribution in [1.29, 1.82) is 0 Å². The van der Waals surface area contributed by atoms with Gasteiger partial charge in [-0.25, -0.2) is 9.97 Å². The SMILES string of the molecule is CC(C)c1ncncc1C(=O)NC1CNCCC1C.Cl. The molecule has 1 aromatic rings. The second-order valence-corrected chi connectivity index (χ2v) is 5.53. The number of nitrogens with zero attached hydrogens (tertiary/aromatic N) is 2. The van der Waals surface area contributed by atoms with Crippen molar-refractivity contribution < 1.29 is 4.79 Å². The fraction of sp³-hybridized carbons (Fsp3) is 0.643. The highest BCUT2D eigenvalue weighted by atomic mass is 35.5. The number of carbonyl (C=O) groups excluding carboxylic acids is 1. The van der Waals surface area contributed by atoms with Crippen LogP contribution in [0.2, 0.25) is 0 Å². The van der Waals surface area contributed by atoms with Crippen molar-refractivity contribution in [3.8, 4) is 0 Å². The van der Waals surface area contributed by atoms with Crippen LogP contribution in [0.3, 0.4) is 0 Å². The first kappa shape index (κ1) is 16.9. The second-order valence-electron chi connectivity index (χ2n) is 5.53. The Morgan fingerprint density at radius 2 is 2.25 bits per heavy atom. The molecule has 2 heterocycles. The van der Waals surface area contributed by atoms with Crippen LogP contribution in [-0.2, 0) is 0 Å². The number of aromatic nitrogens is 2. The van der Waals surface area contributed by atoms with E-state index in [1.54, 1.807) is 6.20 Å². The predicted octanol–water partition coefficient (Wildman–Crippen LogP) is 1.75. The number of amides is 1. The molecule has 5 nitrogen and oxygen atoms in total. The Morgan fingerprint density at radius 1 is 1.50 bits per heavy atom. The molecule has 2 unspecified atom stereocenters. The number of piperidine rings is 1. The van der Waals surface area contributed by atoms with Gasteiger partial charge in [0.25, 0.3) is 5.91 Å². The first-order chi connectivity index (χ1) is 9.09. The number of carbonyl (C=O) groups is 1. The molecule has 1 fully saturated rings. The minimum Gasteiger partial charge on any atom is -0.348 e. The van der Waals surface area contributed by atoms with Gasteiger partial charge in [0.05, 0.1) is 11.3 Å². The summed E-state index contributed by atoms with van der Waals surface area (Å²) in [4.78, 5) is 20.6. The van der Waals surface area contributed by atoms with E-state index in [1.807, 2.05) is 13.8 Å². The Kier molecular flexibility index (Phi) is 6.36. The van der Waals surface area contributed by atoms with E-state index in [2.05, 4.69) is 27.5 Å². The van der Waals surface area contributed by atoms with Crippen LogP contribution in [0.25, 0.3) is 0 Å². The molecule has 2 N–H and O–H groups in total. The maximum Gasteiger partial charge on any atom is 0.254 e. The molecule has 1 aliphatic heterocycles. The monoisotopic (exact) mass is 298 g/mol. The number of nitrogens with one attached hydrogen (secondary N) is 2. The minimum absolute atomic E-state index is 0. The molecule has 1 amide bonds. The molecular formula is C14H23ClN4O. The maximum atomic E-state index is 12.4. The van der Waals surface area contributed by atoms with Crippen molar-refractivity contribution in [2.45, 2.75) is 39.2 Å². The summed E-state index contributed by atoms with van der Waals surface area (Å²) in [6.07, 6.45) is 4.20. The van der Waals surface area contributed by atoms with Crippen molar-refractivity contribution in [2.75, 3.05) is 13.1 Å². The van der Waals surface area contributed by atoms with E-state index in [9.17, 15) is 4.79 Å². The van der Waals surface area contributed by atoms with Crippen LogP contribution in [0.1, 0.15) is 49.2 Å². The van der Waals surface area contributed by atoms with Crippen LogP contribution in [0.15, 0.2) is 12.5 Å². The predicted molar refractivity (Wildman–Crippen MR) is 81.3 cm³/mol. The average Bonchev–Trinajstić information content (AvgIpc) is 2.41. The minimum atomic E-state index is -0.0650. The lowest BCUT2D eigenvalue weighted by molar-refractivity contribution is 0.0913. The number of halogens is 1. The Labute approximate surface area is 126 Å². The zero-order valence-corrected chi connectivity index (χ0v) is 13.0. The highest BCUT2D eigenvalue weighted by Gasteiger charge is 2.24. The van der Waals surface area contributed by atoms with Crippen LogP contribution in [0.5, 0.6) is 0 Å². The molecule has 2 atom stereocenters. The molecular weight excluding hydrogens is 276 g/mol. The van der Waals surface area contributed by atoms with Crippen LogP contribution >= 0.6 is 12.4 Å². The molecule has 0 radical (unpaired) electrons. The van der Waals surface area contributed by atoms with E-state index in [1.165, 1.54) is 6.33 Å². The van der Waals surface area contributed by atoms with Crippen molar-refractivity contribution in [3.05, 3.63) is 23.8 Å². The summed E-state index contributed by atoms with van der Waals surface area (Å²) in [7, 11) is 0. The molecule has 1 aliphatic rings. The summed E-state index contributed by atoms with van der Waals surface area (Å²) in [5.41, 5.74) is 1.40. The number of hydrogen-bond acceptors (Lipinski definition) is 4. The van der Waals surface area contributed by atoms with Gasteiger partial charge in [0.15, 0.2) is 0 Å². The van der Waals surface area contributed by atoms with Gasteiger partial charge < -0.3 is 10.6 Å². The first-order valence-electron chi connectivity index (χ1n) is 6.91. The highest BCUT2D eigenvalue weighted by molar-refractivity contribution is 5.95. The lowest BCUT2D eigenvalue weighted by Gasteiger charge is -2.30. The summed E-state index contributed by atoms with van der Waals surface area (Å²) in [5, 5.41) is 6.41. The number of rotatable bonds is 3. The molecule has 6 heteroatoms. The van der Waals surface area contributed by atoms with Crippen molar-refractivity contribution in [1.82, 2.24) is 20.6 Å². The van der Waals surface area contributed by atoms with E-state index in [4.69, 9.17) is 0 Å². The molecule has 0 aliphatic carbocycles. The van der Waals surface area contributed by atoms with E-state index in [0.29, 0.717) is 11.5 Å². The van der Waals surface area contributed by atoms with Crippen molar-refractivity contribution in [3.63, 3.8) is 0 Å². The normalized spacial score (nSPS) is 22.2. The van der Waals surface area contributed by atoms with Gasteiger partial charge in [-0.15, -0.1) is 12.4 Å². The van der Waals surface area contributed by atoms with Gasteiger partial charge >= 0.3 is 0 Å². The molecule has 20 heavy (non-hydrogen) atoms. The van der Waals surface area contributed by atoms with Crippen LogP contribution in [-0.4, -0.2) is 35.0 Å². The summed E-state index contributed by atoms with van der Waals surface area (Å²) in [5.74, 6) is 0.646. The third-order valence-electron chi connectivity index (χ3n) is 3.68. The smallest absolute Gasteiger partial charge is 0.254 e. The standard InChI is InChI=1S/C14H22N4O.ClH/c1-9(2)13-11(6-16-8-17-13)14(19)18-12-7-15-5-4-10(12)3;/h6,8-10,12,15H,4-5,7H2,1-3H3,(H,18,19);1H. The van der Waals surface area contributed by atoms with Crippen molar-refractivity contribution in [2.24, 2.45) is 5.92 Å². The topological polar surface area (TPSA) is 66.9 Å². The fourth-order valence-electron chi connectivity index (χ4n) is 2.40. The van der Waals surface area contributed by atoms with Crippen LogP contribution in [0.4, 0.5) is 0 Å². The molecule has 1 saturated heterocycles.